The van der Waals surface area contributed by atoms with E-state index in [1.165, 1.54) is 0 Å². The number of piperazine rings is 1. The predicted octanol–water partition coefficient (Wildman–Crippen LogP) is 1.16. The first kappa shape index (κ1) is 23.7. The molecule has 1 aromatic rings. The lowest BCUT2D eigenvalue weighted by Gasteiger charge is -2.33. The van der Waals surface area contributed by atoms with Crippen molar-refractivity contribution in [3.8, 4) is 0 Å². The van der Waals surface area contributed by atoms with Crippen LogP contribution in [0.1, 0.15) is 38.3 Å². The number of hydrazine groups is 1. The molecule has 2 amide bonds. The van der Waals surface area contributed by atoms with E-state index in [-0.39, 0.29) is 30.4 Å². The smallest absolute Gasteiger partial charge is 0.244 e. The molecular formula is C19H32FN7O3. The molecule has 2 heterocycles. The van der Waals surface area contributed by atoms with E-state index in [4.69, 9.17) is 0 Å². The van der Waals surface area contributed by atoms with Gasteiger partial charge in [0, 0.05) is 26.2 Å². The summed E-state index contributed by atoms with van der Waals surface area (Å²) in [5.41, 5.74) is 5.35. The van der Waals surface area contributed by atoms with Gasteiger partial charge in [-0.1, -0.05) is 26.2 Å². The molecule has 0 saturated carbocycles. The second-order valence-electron chi connectivity index (χ2n) is 7.59. The Labute approximate surface area is 176 Å². The van der Waals surface area contributed by atoms with Crippen LogP contribution in [0.2, 0.25) is 0 Å². The maximum absolute atomic E-state index is 14.6. The zero-order valence-corrected chi connectivity index (χ0v) is 17.9. The van der Waals surface area contributed by atoms with Gasteiger partial charge in [0.2, 0.25) is 18.3 Å². The van der Waals surface area contributed by atoms with Gasteiger partial charge < -0.3 is 9.80 Å². The Hall–Kier alpha value is -2.53. The van der Waals surface area contributed by atoms with Crippen LogP contribution in [-0.4, -0.2) is 77.2 Å². The van der Waals surface area contributed by atoms with E-state index in [0.717, 1.165) is 32.4 Å². The highest BCUT2D eigenvalue weighted by Crippen LogP contribution is 2.21. The molecule has 11 heteroatoms. The molecule has 1 atom stereocenters. The highest BCUT2D eigenvalue weighted by Gasteiger charge is 2.23. The summed E-state index contributed by atoms with van der Waals surface area (Å²) in [6.07, 6.45) is 3.50. The van der Waals surface area contributed by atoms with Crippen LogP contribution in [-0.2, 0) is 9.59 Å². The Morgan fingerprint density at radius 2 is 2.00 bits per heavy atom. The van der Waals surface area contributed by atoms with Crippen molar-refractivity contribution < 1.29 is 19.2 Å². The Morgan fingerprint density at radius 3 is 2.63 bits per heavy atom. The van der Waals surface area contributed by atoms with Crippen LogP contribution in [0.3, 0.4) is 0 Å². The van der Waals surface area contributed by atoms with Gasteiger partial charge in [-0.3, -0.25) is 25.6 Å². The van der Waals surface area contributed by atoms with E-state index < -0.39 is 17.6 Å². The van der Waals surface area contributed by atoms with Gasteiger partial charge in [0.15, 0.2) is 11.6 Å². The van der Waals surface area contributed by atoms with Crippen LogP contribution in [0.15, 0.2) is 0 Å². The fourth-order valence-corrected chi connectivity index (χ4v) is 3.26. The molecule has 1 fully saturated rings. The number of aromatic nitrogens is 2. The molecule has 0 spiro atoms. The minimum Gasteiger partial charge on any atom is -0.351 e. The number of hydrogen-bond acceptors (Lipinski definition) is 8. The lowest BCUT2D eigenvalue weighted by atomic mass is 10.0. The second kappa shape index (κ2) is 11.6. The zero-order valence-electron chi connectivity index (χ0n) is 17.9. The fourth-order valence-electron chi connectivity index (χ4n) is 3.26. The summed E-state index contributed by atoms with van der Waals surface area (Å²) >= 11 is 0. The summed E-state index contributed by atoms with van der Waals surface area (Å²) in [5, 5.41) is 9.93. The van der Waals surface area contributed by atoms with Crippen molar-refractivity contribution in [3.63, 3.8) is 0 Å². The van der Waals surface area contributed by atoms with E-state index in [0.29, 0.717) is 24.6 Å². The number of carbonyl (C=O) groups is 2. The van der Waals surface area contributed by atoms with Gasteiger partial charge in [-0.15, -0.1) is 0 Å². The van der Waals surface area contributed by atoms with Gasteiger partial charge >= 0.3 is 0 Å². The number of nitrogens with zero attached hydrogens (tertiary/aromatic N) is 5. The number of hydroxylamine groups is 2. The van der Waals surface area contributed by atoms with Crippen molar-refractivity contribution >= 4 is 24.1 Å². The summed E-state index contributed by atoms with van der Waals surface area (Å²) in [7, 11) is 2.01. The molecule has 1 aromatic heterocycles. The van der Waals surface area contributed by atoms with Gasteiger partial charge in [-0.25, -0.2) is 14.4 Å². The summed E-state index contributed by atoms with van der Waals surface area (Å²) in [4.78, 5) is 35.6. The fraction of sp³-hybridized carbons (Fsp3) is 0.684. The molecule has 168 valence electrons. The number of aryl methyl sites for hydroxylation is 1. The zero-order chi connectivity index (χ0) is 22.1. The third kappa shape index (κ3) is 6.77. The lowest BCUT2D eigenvalue weighted by Crippen LogP contribution is -2.45. The molecule has 0 bridgehead atoms. The standard InChI is InChI=1S/C19H32FN7O3/c1-4-5-6-7-15(12-27(30)13-28)18(29)23-24-19-21-14(2)16(20)17(22-19)26-10-8-25(3)9-11-26/h13,15,30H,4-12H2,1-3H3,(H,23,29)(H,21,22,24). The second-order valence-corrected chi connectivity index (χ2v) is 7.59. The lowest BCUT2D eigenvalue weighted by molar-refractivity contribution is -0.154. The average molecular weight is 426 g/mol. The first-order valence-electron chi connectivity index (χ1n) is 10.3. The third-order valence-electron chi connectivity index (χ3n) is 5.16. The summed E-state index contributed by atoms with van der Waals surface area (Å²) in [6, 6.07) is 0. The molecule has 1 unspecified atom stereocenters. The van der Waals surface area contributed by atoms with Gasteiger partial charge in [0.1, 0.15) is 0 Å². The van der Waals surface area contributed by atoms with Crippen LogP contribution < -0.4 is 15.8 Å². The van der Waals surface area contributed by atoms with Crippen LogP contribution in [0.4, 0.5) is 16.2 Å². The number of halogens is 1. The highest BCUT2D eigenvalue weighted by molar-refractivity contribution is 5.80. The maximum atomic E-state index is 14.6. The third-order valence-corrected chi connectivity index (χ3v) is 5.16. The molecule has 0 aliphatic carbocycles. The highest BCUT2D eigenvalue weighted by atomic mass is 19.1. The van der Waals surface area contributed by atoms with Crippen LogP contribution in [0.5, 0.6) is 0 Å². The van der Waals surface area contributed by atoms with Crippen molar-refractivity contribution in [1.29, 1.82) is 0 Å². The molecular weight excluding hydrogens is 393 g/mol. The number of rotatable bonds is 11. The van der Waals surface area contributed by atoms with Gasteiger partial charge in [-0.2, -0.15) is 4.98 Å². The van der Waals surface area contributed by atoms with Crippen molar-refractivity contribution in [1.82, 2.24) is 25.4 Å². The quantitative estimate of drug-likeness (QED) is 0.210. The molecule has 0 aromatic carbocycles. The Morgan fingerprint density at radius 1 is 1.30 bits per heavy atom. The monoisotopic (exact) mass is 425 g/mol. The first-order chi connectivity index (χ1) is 14.3. The number of hydrogen-bond donors (Lipinski definition) is 3. The molecule has 1 saturated heterocycles. The maximum Gasteiger partial charge on any atom is 0.244 e. The van der Waals surface area contributed by atoms with Crippen LogP contribution in [0.25, 0.3) is 0 Å². The number of anilines is 2. The average Bonchev–Trinajstić information content (AvgIpc) is 2.74. The predicted molar refractivity (Wildman–Crippen MR) is 110 cm³/mol. The molecule has 30 heavy (non-hydrogen) atoms. The minimum absolute atomic E-state index is 0.0831. The van der Waals surface area contributed by atoms with Gasteiger partial charge in [0.05, 0.1) is 18.2 Å². The van der Waals surface area contributed by atoms with E-state index in [2.05, 4.69) is 25.7 Å². The van der Waals surface area contributed by atoms with E-state index in [1.807, 2.05) is 18.9 Å². The van der Waals surface area contributed by atoms with Crippen molar-refractivity contribution in [2.75, 3.05) is 50.1 Å². The molecule has 3 N–H and O–H groups in total. The van der Waals surface area contributed by atoms with Gasteiger partial charge in [0.25, 0.3) is 0 Å². The topological polar surface area (TPSA) is 114 Å². The normalized spacial score (nSPS) is 15.6. The molecule has 1 aliphatic rings. The Balaban J connectivity index is 2.05. The number of amides is 2. The van der Waals surface area contributed by atoms with Crippen molar-refractivity contribution in [2.45, 2.75) is 39.5 Å². The number of nitrogens with one attached hydrogen (secondary N) is 2. The minimum atomic E-state index is -0.599. The molecule has 10 nitrogen and oxygen atoms in total. The summed E-state index contributed by atoms with van der Waals surface area (Å²) in [6.45, 7) is 6.38. The largest absolute Gasteiger partial charge is 0.351 e. The number of likely N-dealkylation sites (N-methyl/N-ethyl adjacent to an activating group) is 1. The van der Waals surface area contributed by atoms with Crippen molar-refractivity contribution in [2.24, 2.45) is 5.92 Å². The summed E-state index contributed by atoms with van der Waals surface area (Å²) in [5.74, 6) is -1.19. The molecule has 1 aliphatic heterocycles. The molecule has 2 rings (SSSR count). The SMILES string of the molecule is CCCCCC(CN(O)C=O)C(=O)NNc1nc(C)c(F)c(N2CCN(C)CC2)n1. The first-order valence-corrected chi connectivity index (χ1v) is 10.3. The number of carbonyl (C=O) groups excluding carboxylic acids is 2. The number of unbranched alkanes of at least 4 members (excludes halogenated alkanes) is 2. The van der Waals surface area contributed by atoms with Crippen LogP contribution in [0, 0.1) is 18.7 Å². The van der Waals surface area contributed by atoms with Crippen molar-refractivity contribution in [3.05, 3.63) is 11.5 Å². The van der Waals surface area contributed by atoms with E-state index >= 15 is 0 Å². The van der Waals surface area contributed by atoms with E-state index in [9.17, 15) is 19.2 Å². The van der Waals surface area contributed by atoms with Crippen LogP contribution >= 0.6 is 0 Å². The van der Waals surface area contributed by atoms with E-state index in [1.54, 1.807) is 6.92 Å². The Bertz CT molecular complexity index is 714. The molecule has 0 radical (unpaired) electrons. The Kier molecular flexibility index (Phi) is 9.18. The van der Waals surface area contributed by atoms with Gasteiger partial charge in [-0.05, 0) is 20.4 Å². The summed E-state index contributed by atoms with van der Waals surface area (Å²) < 4.78 is 14.6.